The predicted octanol–water partition coefficient (Wildman–Crippen LogP) is 4.41. The smallest absolute Gasteiger partial charge is 0.0827 e. The number of benzene rings is 1. The van der Waals surface area contributed by atoms with Crippen LogP contribution in [0.2, 0.25) is 0 Å². The topological polar surface area (TPSA) is 20.2 Å². The van der Waals surface area contributed by atoms with Gasteiger partial charge in [-0.2, -0.15) is 0 Å². The van der Waals surface area contributed by atoms with E-state index in [1.807, 2.05) is 30.3 Å². The molecule has 1 N–H and O–H groups in total. The Hall–Kier alpha value is -1.34. The van der Waals surface area contributed by atoms with Gasteiger partial charge in [0.1, 0.15) is 0 Å². The van der Waals surface area contributed by atoms with Crippen LogP contribution < -0.4 is 0 Å². The van der Waals surface area contributed by atoms with Crippen molar-refractivity contribution in [1.29, 1.82) is 0 Å². The first-order valence-corrected chi connectivity index (χ1v) is 6.03. The van der Waals surface area contributed by atoms with Crippen molar-refractivity contribution in [3.63, 3.8) is 0 Å². The van der Waals surface area contributed by atoms with Crippen molar-refractivity contribution in [3.8, 4) is 0 Å². The molecule has 1 rings (SSSR count). The zero-order valence-electron chi connectivity index (χ0n) is 11.0. The summed E-state index contributed by atoms with van der Waals surface area (Å²) in [4.78, 5) is 0. The first-order valence-electron chi connectivity index (χ1n) is 6.03. The summed E-state index contributed by atoms with van der Waals surface area (Å²) in [7, 11) is 0. The molecule has 0 aliphatic rings. The van der Waals surface area contributed by atoms with Crippen molar-refractivity contribution in [2.24, 2.45) is 0 Å². The van der Waals surface area contributed by atoms with Gasteiger partial charge in [0, 0.05) is 0 Å². The quantitative estimate of drug-likeness (QED) is 0.743. The van der Waals surface area contributed by atoms with Gasteiger partial charge in [-0.05, 0) is 39.2 Å². The Balaban J connectivity index is 2.56. The van der Waals surface area contributed by atoms with E-state index in [0.717, 1.165) is 17.6 Å². The average Bonchev–Trinajstić information content (AvgIpc) is 2.29. The molecular weight excluding hydrogens is 208 g/mol. The van der Waals surface area contributed by atoms with Crippen molar-refractivity contribution in [2.75, 3.05) is 0 Å². The van der Waals surface area contributed by atoms with E-state index in [0.29, 0.717) is 6.42 Å². The van der Waals surface area contributed by atoms with Crippen LogP contribution in [0.5, 0.6) is 0 Å². The Labute approximate surface area is 104 Å². The number of hydrogen-bond acceptors (Lipinski definition) is 1. The molecule has 0 fully saturated rings. The summed E-state index contributed by atoms with van der Waals surface area (Å²) in [6.45, 7) is 10.4. The highest BCUT2D eigenvalue weighted by Crippen LogP contribution is 2.24. The van der Waals surface area contributed by atoms with Gasteiger partial charge in [-0.25, -0.2) is 0 Å². The van der Waals surface area contributed by atoms with Crippen LogP contribution in [-0.4, -0.2) is 5.11 Å². The fourth-order valence-corrected chi connectivity index (χ4v) is 1.69. The molecule has 1 atom stereocenters. The lowest BCUT2D eigenvalue weighted by Gasteiger charge is -2.13. The molecule has 0 amide bonds. The van der Waals surface area contributed by atoms with Gasteiger partial charge in [-0.15, -0.1) is 0 Å². The van der Waals surface area contributed by atoms with Crippen molar-refractivity contribution >= 4 is 0 Å². The maximum absolute atomic E-state index is 10.1. The Kier molecular flexibility index (Phi) is 5.17. The van der Waals surface area contributed by atoms with Crippen LogP contribution in [0.25, 0.3) is 0 Å². The molecular formula is C16H22O. The van der Waals surface area contributed by atoms with E-state index in [2.05, 4.69) is 27.4 Å². The molecule has 0 aliphatic heterocycles. The van der Waals surface area contributed by atoms with Crippen LogP contribution in [0.4, 0.5) is 0 Å². The fraction of sp³-hybridized carbons (Fsp3) is 0.375. The SMILES string of the molecule is C=C(CC(C)=C(C)C)CC(O)c1ccccc1. The molecule has 0 heterocycles. The molecule has 1 nitrogen and oxygen atoms in total. The minimum absolute atomic E-state index is 0.436. The van der Waals surface area contributed by atoms with E-state index < -0.39 is 6.10 Å². The molecule has 92 valence electrons. The summed E-state index contributed by atoms with van der Waals surface area (Å²) < 4.78 is 0. The number of hydrogen-bond donors (Lipinski definition) is 1. The van der Waals surface area contributed by atoms with Gasteiger partial charge in [0.25, 0.3) is 0 Å². The van der Waals surface area contributed by atoms with Crippen LogP contribution in [0, 0.1) is 0 Å². The zero-order valence-corrected chi connectivity index (χ0v) is 11.0. The van der Waals surface area contributed by atoms with Crippen molar-refractivity contribution in [2.45, 2.75) is 39.7 Å². The third kappa shape index (κ3) is 4.58. The molecule has 1 aromatic rings. The molecule has 0 aromatic heterocycles. The fourth-order valence-electron chi connectivity index (χ4n) is 1.69. The maximum Gasteiger partial charge on any atom is 0.0827 e. The zero-order chi connectivity index (χ0) is 12.8. The third-order valence-corrected chi connectivity index (χ3v) is 3.04. The second-order valence-corrected chi connectivity index (χ2v) is 4.84. The normalized spacial score (nSPS) is 12.0. The highest BCUT2D eigenvalue weighted by Gasteiger charge is 2.09. The van der Waals surface area contributed by atoms with E-state index in [4.69, 9.17) is 0 Å². The van der Waals surface area contributed by atoms with Crippen molar-refractivity contribution in [1.82, 2.24) is 0 Å². The highest BCUT2D eigenvalue weighted by molar-refractivity contribution is 5.21. The van der Waals surface area contributed by atoms with E-state index in [9.17, 15) is 5.11 Å². The third-order valence-electron chi connectivity index (χ3n) is 3.04. The van der Waals surface area contributed by atoms with Gasteiger partial charge in [0.15, 0.2) is 0 Å². The van der Waals surface area contributed by atoms with Crippen LogP contribution >= 0.6 is 0 Å². The molecule has 0 aliphatic carbocycles. The molecule has 0 bridgehead atoms. The van der Waals surface area contributed by atoms with Crippen molar-refractivity contribution < 1.29 is 5.11 Å². The van der Waals surface area contributed by atoms with Crippen LogP contribution in [0.1, 0.15) is 45.3 Å². The molecule has 0 radical (unpaired) electrons. The van der Waals surface area contributed by atoms with Gasteiger partial charge in [0.2, 0.25) is 0 Å². The maximum atomic E-state index is 10.1. The minimum atomic E-state index is -0.436. The lowest BCUT2D eigenvalue weighted by atomic mass is 9.97. The van der Waals surface area contributed by atoms with Gasteiger partial charge in [-0.3, -0.25) is 0 Å². The number of rotatable bonds is 5. The Morgan fingerprint density at radius 1 is 1.18 bits per heavy atom. The van der Waals surface area contributed by atoms with E-state index >= 15 is 0 Å². The lowest BCUT2D eigenvalue weighted by Crippen LogP contribution is -1.99. The minimum Gasteiger partial charge on any atom is -0.388 e. The summed E-state index contributed by atoms with van der Waals surface area (Å²) >= 11 is 0. The van der Waals surface area contributed by atoms with Crippen LogP contribution in [0.15, 0.2) is 53.6 Å². The number of aliphatic hydroxyl groups is 1. The van der Waals surface area contributed by atoms with Gasteiger partial charge >= 0.3 is 0 Å². The summed E-state index contributed by atoms with van der Waals surface area (Å²) in [6.07, 6.45) is 1.08. The predicted molar refractivity (Wildman–Crippen MR) is 73.8 cm³/mol. The van der Waals surface area contributed by atoms with Gasteiger partial charge < -0.3 is 5.11 Å². The first-order chi connectivity index (χ1) is 8.00. The molecule has 0 saturated heterocycles. The van der Waals surface area contributed by atoms with Gasteiger partial charge in [-0.1, -0.05) is 53.6 Å². The standard InChI is InChI=1S/C16H22O/c1-12(2)14(4)10-13(3)11-16(17)15-8-6-5-7-9-15/h5-9,16-17H,3,10-11H2,1-2,4H3. The number of aliphatic hydroxyl groups excluding tert-OH is 1. The Bertz CT molecular complexity index is 397. The van der Waals surface area contributed by atoms with Gasteiger partial charge in [0.05, 0.1) is 6.10 Å². The van der Waals surface area contributed by atoms with Crippen LogP contribution in [-0.2, 0) is 0 Å². The average molecular weight is 230 g/mol. The number of allylic oxidation sites excluding steroid dienone is 2. The second kappa shape index (κ2) is 6.41. The van der Waals surface area contributed by atoms with E-state index in [-0.39, 0.29) is 0 Å². The molecule has 1 heteroatoms. The van der Waals surface area contributed by atoms with E-state index in [1.165, 1.54) is 11.1 Å². The summed E-state index contributed by atoms with van der Waals surface area (Å²) in [5.74, 6) is 0. The van der Waals surface area contributed by atoms with Crippen LogP contribution in [0.3, 0.4) is 0 Å². The molecule has 1 unspecified atom stereocenters. The molecule has 0 saturated carbocycles. The molecule has 1 aromatic carbocycles. The monoisotopic (exact) mass is 230 g/mol. The molecule has 0 spiro atoms. The second-order valence-electron chi connectivity index (χ2n) is 4.84. The lowest BCUT2D eigenvalue weighted by molar-refractivity contribution is 0.177. The Morgan fingerprint density at radius 2 is 1.76 bits per heavy atom. The summed E-state index contributed by atoms with van der Waals surface area (Å²) in [6, 6.07) is 9.75. The van der Waals surface area contributed by atoms with E-state index in [1.54, 1.807) is 0 Å². The Morgan fingerprint density at radius 3 is 2.29 bits per heavy atom. The van der Waals surface area contributed by atoms with Crippen molar-refractivity contribution in [3.05, 3.63) is 59.2 Å². The first kappa shape index (κ1) is 13.7. The largest absolute Gasteiger partial charge is 0.388 e. The summed E-state index contributed by atoms with van der Waals surface area (Å²) in [5, 5.41) is 10.1. The summed E-state index contributed by atoms with van der Waals surface area (Å²) in [5.41, 5.74) is 4.72. The molecule has 17 heavy (non-hydrogen) atoms. The highest BCUT2D eigenvalue weighted by atomic mass is 16.3.